The largest absolute Gasteiger partial charge is 0.313 e. The number of aromatic nitrogens is 1. The van der Waals surface area contributed by atoms with Crippen molar-refractivity contribution < 1.29 is 4.39 Å². The van der Waals surface area contributed by atoms with Gasteiger partial charge in [0.2, 0.25) is 0 Å². The van der Waals surface area contributed by atoms with Crippen molar-refractivity contribution in [2.24, 2.45) is 0 Å². The minimum atomic E-state index is -0.198. The Labute approximate surface area is 123 Å². The number of hydrogen-bond acceptors (Lipinski definition) is 2. The molecular weight excluding hydrogens is 263 g/mol. The van der Waals surface area contributed by atoms with Crippen molar-refractivity contribution in [3.8, 4) is 0 Å². The molecule has 0 aliphatic heterocycles. The number of nitrogens with one attached hydrogen (secondary N) is 1. The van der Waals surface area contributed by atoms with Gasteiger partial charge in [0.15, 0.2) is 0 Å². The third-order valence-electron chi connectivity index (χ3n) is 3.73. The summed E-state index contributed by atoms with van der Waals surface area (Å²) in [6.45, 7) is 0. The second-order valence-electron chi connectivity index (χ2n) is 5.13. The summed E-state index contributed by atoms with van der Waals surface area (Å²) in [6.07, 6.45) is 2.62. The van der Waals surface area contributed by atoms with Crippen molar-refractivity contribution in [3.63, 3.8) is 0 Å². The maximum absolute atomic E-state index is 13.0. The van der Waals surface area contributed by atoms with E-state index in [2.05, 4.69) is 28.5 Å². The number of pyridine rings is 1. The third kappa shape index (κ3) is 3.09. The highest BCUT2D eigenvalue weighted by atomic mass is 19.1. The molecule has 0 aliphatic carbocycles. The van der Waals surface area contributed by atoms with E-state index >= 15 is 0 Å². The van der Waals surface area contributed by atoms with Crippen LogP contribution in [0.4, 0.5) is 4.39 Å². The fourth-order valence-electron chi connectivity index (χ4n) is 2.55. The maximum atomic E-state index is 13.0. The molecule has 0 spiro atoms. The molecule has 2 nitrogen and oxygen atoms in total. The van der Waals surface area contributed by atoms with Crippen molar-refractivity contribution in [2.45, 2.75) is 12.5 Å². The third-order valence-corrected chi connectivity index (χ3v) is 3.73. The highest BCUT2D eigenvalue weighted by Gasteiger charge is 2.11. The molecule has 0 saturated heterocycles. The van der Waals surface area contributed by atoms with Crippen LogP contribution in [0.3, 0.4) is 0 Å². The summed E-state index contributed by atoms with van der Waals surface area (Å²) < 4.78 is 13.0. The molecular formula is C18H17FN2. The number of benzene rings is 2. The molecule has 3 heteroatoms. The number of nitrogens with zero attached hydrogens (tertiary/aromatic N) is 1. The SMILES string of the molecule is CNC(Cc1ccc(F)cc1)c1ccc2ncccc2c1. The van der Waals surface area contributed by atoms with Gasteiger partial charge in [-0.1, -0.05) is 24.3 Å². The van der Waals surface area contributed by atoms with Crippen molar-refractivity contribution >= 4 is 10.9 Å². The lowest BCUT2D eigenvalue weighted by Gasteiger charge is -2.17. The van der Waals surface area contributed by atoms with Crippen LogP contribution < -0.4 is 5.32 Å². The molecule has 0 radical (unpaired) electrons. The smallest absolute Gasteiger partial charge is 0.123 e. The van der Waals surface area contributed by atoms with E-state index in [0.29, 0.717) is 0 Å². The summed E-state index contributed by atoms with van der Waals surface area (Å²) in [6, 6.07) is 17.2. The summed E-state index contributed by atoms with van der Waals surface area (Å²) in [7, 11) is 1.95. The normalized spacial score (nSPS) is 12.5. The minimum Gasteiger partial charge on any atom is -0.313 e. The van der Waals surface area contributed by atoms with Crippen molar-refractivity contribution in [2.75, 3.05) is 7.05 Å². The Morgan fingerprint density at radius 2 is 1.90 bits per heavy atom. The van der Waals surface area contributed by atoms with Gasteiger partial charge in [-0.25, -0.2) is 4.39 Å². The Morgan fingerprint density at radius 1 is 1.10 bits per heavy atom. The topological polar surface area (TPSA) is 24.9 Å². The fourth-order valence-corrected chi connectivity index (χ4v) is 2.55. The highest BCUT2D eigenvalue weighted by molar-refractivity contribution is 5.79. The van der Waals surface area contributed by atoms with E-state index in [0.717, 1.165) is 22.9 Å². The van der Waals surface area contributed by atoms with E-state index in [1.165, 1.54) is 17.7 Å². The van der Waals surface area contributed by atoms with Crippen molar-refractivity contribution in [1.29, 1.82) is 0 Å². The Bertz CT molecular complexity index is 738. The van der Waals surface area contributed by atoms with Gasteiger partial charge in [0, 0.05) is 17.6 Å². The Morgan fingerprint density at radius 3 is 2.67 bits per heavy atom. The number of likely N-dealkylation sites (N-methyl/N-ethyl adjacent to an activating group) is 1. The molecule has 21 heavy (non-hydrogen) atoms. The zero-order chi connectivity index (χ0) is 14.7. The molecule has 1 unspecified atom stereocenters. The number of fused-ring (bicyclic) bond motifs is 1. The van der Waals surface area contributed by atoms with Gasteiger partial charge >= 0.3 is 0 Å². The maximum Gasteiger partial charge on any atom is 0.123 e. The Hall–Kier alpha value is -2.26. The lowest BCUT2D eigenvalue weighted by atomic mass is 9.97. The van der Waals surface area contributed by atoms with Crippen LogP contribution in [0.5, 0.6) is 0 Å². The van der Waals surface area contributed by atoms with Gasteiger partial charge in [-0.05, 0) is 54.9 Å². The quantitative estimate of drug-likeness (QED) is 0.784. The first-order valence-electron chi connectivity index (χ1n) is 7.02. The molecule has 2 aromatic carbocycles. The molecule has 0 bridgehead atoms. The van der Waals surface area contributed by atoms with Crippen LogP contribution in [0.15, 0.2) is 60.8 Å². The molecule has 1 heterocycles. The Balaban J connectivity index is 1.88. The molecule has 0 amide bonds. The summed E-state index contributed by atoms with van der Waals surface area (Å²) >= 11 is 0. The van der Waals surface area contributed by atoms with E-state index in [-0.39, 0.29) is 11.9 Å². The molecule has 106 valence electrons. The monoisotopic (exact) mass is 280 g/mol. The predicted octanol–water partition coefficient (Wildman–Crippen LogP) is 3.88. The molecule has 1 N–H and O–H groups in total. The first-order chi connectivity index (χ1) is 10.3. The molecule has 0 fully saturated rings. The van der Waals surface area contributed by atoms with Crippen LogP contribution in [0, 0.1) is 5.82 Å². The van der Waals surface area contributed by atoms with Crippen molar-refractivity contribution in [3.05, 3.63) is 77.7 Å². The van der Waals surface area contributed by atoms with Gasteiger partial charge in [0.25, 0.3) is 0 Å². The molecule has 0 aliphatic rings. The first-order valence-corrected chi connectivity index (χ1v) is 7.02. The lowest BCUT2D eigenvalue weighted by Crippen LogP contribution is -2.18. The average Bonchev–Trinajstić information content (AvgIpc) is 2.54. The fraction of sp³-hybridized carbons (Fsp3) is 0.167. The zero-order valence-corrected chi connectivity index (χ0v) is 11.9. The van der Waals surface area contributed by atoms with E-state index in [1.54, 1.807) is 6.20 Å². The van der Waals surface area contributed by atoms with Crippen LogP contribution in [-0.4, -0.2) is 12.0 Å². The van der Waals surface area contributed by atoms with Gasteiger partial charge < -0.3 is 5.32 Å². The number of rotatable bonds is 4. The average molecular weight is 280 g/mol. The number of halogens is 1. The molecule has 0 saturated carbocycles. The lowest BCUT2D eigenvalue weighted by molar-refractivity contribution is 0.589. The zero-order valence-electron chi connectivity index (χ0n) is 11.9. The van der Waals surface area contributed by atoms with Gasteiger partial charge in [0.05, 0.1) is 5.52 Å². The van der Waals surface area contributed by atoms with Gasteiger partial charge in [-0.15, -0.1) is 0 Å². The van der Waals surface area contributed by atoms with Crippen LogP contribution >= 0.6 is 0 Å². The van der Waals surface area contributed by atoms with Crippen LogP contribution in [-0.2, 0) is 6.42 Å². The van der Waals surface area contributed by atoms with E-state index < -0.39 is 0 Å². The molecule has 3 aromatic rings. The highest BCUT2D eigenvalue weighted by Crippen LogP contribution is 2.22. The Kier molecular flexibility index (Phi) is 3.93. The first kappa shape index (κ1) is 13.7. The minimum absolute atomic E-state index is 0.195. The van der Waals surface area contributed by atoms with Gasteiger partial charge in [-0.2, -0.15) is 0 Å². The van der Waals surface area contributed by atoms with Crippen LogP contribution in [0.2, 0.25) is 0 Å². The predicted molar refractivity (Wildman–Crippen MR) is 83.6 cm³/mol. The summed E-state index contributed by atoms with van der Waals surface area (Å²) in [4.78, 5) is 4.34. The second-order valence-corrected chi connectivity index (χ2v) is 5.13. The van der Waals surface area contributed by atoms with Crippen LogP contribution in [0.25, 0.3) is 10.9 Å². The summed E-state index contributed by atoms with van der Waals surface area (Å²) in [5.74, 6) is -0.198. The standard InChI is InChI=1S/C18H17FN2/c1-20-18(11-13-4-7-16(19)8-5-13)15-6-9-17-14(12-15)3-2-10-21-17/h2-10,12,18,20H,11H2,1H3. The van der Waals surface area contributed by atoms with E-state index in [4.69, 9.17) is 0 Å². The van der Waals surface area contributed by atoms with Gasteiger partial charge in [-0.3, -0.25) is 4.98 Å². The molecule has 1 atom stereocenters. The number of hydrogen-bond donors (Lipinski definition) is 1. The van der Waals surface area contributed by atoms with Gasteiger partial charge in [0.1, 0.15) is 5.82 Å². The second kappa shape index (κ2) is 6.02. The van der Waals surface area contributed by atoms with Crippen LogP contribution in [0.1, 0.15) is 17.2 Å². The summed E-state index contributed by atoms with van der Waals surface area (Å²) in [5.41, 5.74) is 3.32. The van der Waals surface area contributed by atoms with E-state index in [1.807, 2.05) is 31.3 Å². The molecule has 3 rings (SSSR count). The molecule has 1 aromatic heterocycles. The summed E-state index contributed by atoms with van der Waals surface area (Å²) in [5, 5.41) is 4.47. The van der Waals surface area contributed by atoms with E-state index in [9.17, 15) is 4.39 Å². The van der Waals surface area contributed by atoms with Crippen molar-refractivity contribution in [1.82, 2.24) is 10.3 Å².